The predicted octanol–water partition coefficient (Wildman–Crippen LogP) is 5.43. The second-order valence-electron chi connectivity index (χ2n) is 7.39. The lowest BCUT2D eigenvalue weighted by atomic mass is 9.68. The van der Waals surface area contributed by atoms with Crippen LogP contribution < -0.4 is 0 Å². The molecule has 0 spiro atoms. The first-order valence-corrected chi connectivity index (χ1v) is 10.5. The first-order valence-electron chi connectivity index (χ1n) is 9.39. The van der Waals surface area contributed by atoms with E-state index in [4.69, 9.17) is 34.8 Å². The Bertz CT molecular complexity index is 1330. The summed E-state index contributed by atoms with van der Waals surface area (Å²) in [5.41, 5.74) is -3.11. The smallest absolute Gasteiger partial charge is 0.404 e. The van der Waals surface area contributed by atoms with Crippen molar-refractivity contribution in [2.45, 2.75) is 17.6 Å². The number of nitrogens with zero attached hydrogens (tertiary/aromatic N) is 5. The molecule has 13 heteroatoms. The average molecular weight is 529 g/mol. The van der Waals surface area contributed by atoms with E-state index in [2.05, 4.69) is 15.1 Å². The largest absolute Gasteiger partial charge is 0.481 e. The van der Waals surface area contributed by atoms with Crippen LogP contribution in [0.1, 0.15) is 22.7 Å². The molecule has 1 aromatic heterocycles. The molecule has 2 aromatic carbocycles. The lowest BCUT2D eigenvalue weighted by molar-refractivity contribution is -0.190. The van der Waals surface area contributed by atoms with E-state index in [0.717, 1.165) is 12.1 Å². The molecule has 34 heavy (non-hydrogen) atoms. The summed E-state index contributed by atoms with van der Waals surface area (Å²) < 4.78 is 45.1. The van der Waals surface area contributed by atoms with Crippen LogP contribution in [0.15, 0.2) is 48.0 Å². The molecule has 1 aliphatic rings. The molecule has 0 bridgehead atoms. The van der Waals surface area contributed by atoms with Crippen LogP contribution >= 0.6 is 34.8 Å². The van der Waals surface area contributed by atoms with E-state index in [1.54, 1.807) is 0 Å². The third-order valence-electron chi connectivity index (χ3n) is 5.59. The number of hydrogen-bond acceptors (Lipinski definition) is 5. The number of aromatic nitrogens is 3. The van der Waals surface area contributed by atoms with Crippen molar-refractivity contribution in [1.82, 2.24) is 14.8 Å². The molecule has 174 valence electrons. The minimum Gasteiger partial charge on any atom is -0.481 e. The molecule has 0 saturated heterocycles. The molecule has 0 aliphatic carbocycles. The van der Waals surface area contributed by atoms with Crippen molar-refractivity contribution in [3.63, 3.8) is 0 Å². The van der Waals surface area contributed by atoms with Gasteiger partial charge in [0.1, 0.15) is 30.1 Å². The highest BCUT2D eigenvalue weighted by Crippen LogP contribution is 2.55. The zero-order valence-corrected chi connectivity index (χ0v) is 18.9. The van der Waals surface area contributed by atoms with E-state index in [1.165, 1.54) is 35.5 Å². The van der Waals surface area contributed by atoms with E-state index in [-0.39, 0.29) is 26.2 Å². The van der Waals surface area contributed by atoms with Gasteiger partial charge in [0.15, 0.2) is 0 Å². The van der Waals surface area contributed by atoms with Gasteiger partial charge in [-0.2, -0.15) is 23.5 Å². The highest BCUT2D eigenvalue weighted by atomic mass is 35.5. The second-order valence-corrected chi connectivity index (χ2v) is 8.58. The summed E-state index contributed by atoms with van der Waals surface area (Å²) in [6.45, 7) is 0. The number of aliphatic imine (C=N–C) groups is 1. The predicted molar refractivity (Wildman–Crippen MR) is 118 cm³/mol. The highest BCUT2D eigenvalue weighted by molar-refractivity contribution is 6.48. The van der Waals surface area contributed by atoms with Gasteiger partial charge in [0.25, 0.3) is 0 Å². The molecular weight excluding hydrogens is 518 g/mol. The molecule has 3 aromatic rings. The number of benzene rings is 2. The average Bonchev–Trinajstić information content (AvgIpc) is 3.45. The van der Waals surface area contributed by atoms with Crippen molar-refractivity contribution in [2.24, 2.45) is 10.9 Å². The zero-order chi connectivity index (χ0) is 24.8. The Hall–Kier alpha value is -3.13. The molecule has 0 radical (unpaired) electrons. The van der Waals surface area contributed by atoms with Crippen LogP contribution in [0.3, 0.4) is 0 Å². The van der Waals surface area contributed by atoms with Gasteiger partial charge in [-0.3, -0.25) is 9.79 Å². The minimum atomic E-state index is -5.09. The Labute approximate surface area is 205 Å². The van der Waals surface area contributed by atoms with E-state index in [0.29, 0.717) is 11.9 Å². The minimum absolute atomic E-state index is 0.0458. The van der Waals surface area contributed by atoms with E-state index >= 15 is 0 Å². The molecule has 0 fully saturated rings. The highest BCUT2D eigenvalue weighted by Gasteiger charge is 2.66. The summed E-state index contributed by atoms with van der Waals surface area (Å²) in [6.07, 6.45) is -1.94. The molecular formula is C21H11Cl3F3N5O2. The lowest BCUT2D eigenvalue weighted by Gasteiger charge is -2.35. The molecule has 0 saturated carbocycles. The van der Waals surface area contributed by atoms with E-state index < -0.39 is 35.1 Å². The summed E-state index contributed by atoms with van der Waals surface area (Å²) in [6, 6.07) is 6.44. The van der Waals surface area contributed by atoms with Crippen molar-refractivity contribution in [3.05, 3.63) is 74.7 Å². The van der Waals surface area contributed by atoms with Crippen molar-refractivity contribution < 1.29 is 23.1 Å². The topological polar surface area (TPSA) is 104 Å². The number of aliphatic carboxylic acids is 1. The van der Waals surface area contributed by atoms with Crippen LogP contribution in [0, 0.1) is 17.2 Å². The summed E-state index contributed by atoms with van der Waals surface area (Å²) in [5, 5.41) is 22.8. The number of carbonyl (C=O) groups is 1. The standard InChI is InChI=1S/C21H11Cl3F3N5O2/c22-13-4-12(5-14(23)17(13)24)20(21(25,26)27)7-30-18(16(20)19(33)34)10-1-2-15(11(3-10)6-28)32-9-29-8-31-32/h1-5,7-9,16,18H,(H,33,34). The van der Waals surface area contributed by atoms with Crippen LogP contribution in [0.4, 0.5) is 13.2 Å². The molecule has 3 unspecified atom stereocenters. The van der Waals surface area contributed by atoms with E-state index in [9.17, 15) is 28.3 Å². The van der Waals surface area contributed by atoms with Crippen LogP contribution in [-0.2, 0) is 10.2 Å². The van der Waals surface area contributed by atoms with Gasteiger partial charge in [-0.1, -0.05) is 40.9 Å². The first-order chi connectivity index (χ1) is 16.0. The van der Waals surface area contributed by atoms with E-state index in [1.807, 2.05) is 6.07 Å². The fourth-order valence-corrected chi connectivity index (χ4v) is 4.64. The molecule has 3 atom stereocenters. The zero-order valence-electron chi connectivity index (χ0n) is 16.6. The molecule has 2 heterocycles. The van der Waals surface area contributed by atoms with Gasteiger partial charge in [0.2, 0.25) is 0 Å². The molecule has 1 N–H and O–H groups in total. The molecule has 1 aliphatic heterocycles. The number of alkyl halides is 3. The lowest BCUT2D eigenvalue weighted by Crippen LogP contribution is -2.51. The monoisotopic (exact) mass is 527 g/mol. The quantitative estimate of drug-likeness (QED) is 0.455. The summed E-state index contributed by atoms with van der Waals surface area (Å²) in [4.78, 5) is 20.1. The van der Waals surface area contributed by atoms with Gasteiger partial charge in [-0.25, -0.2) is 9.67 Å². The number of rotatable bonds is 4. The fourth-order valence-electron chi connectivity index (χ4n) is 4.04. The third kappa shape index (κ3) is 3.70. The maximum absolute atomic E-state index is 14.6. The number of halogens is 6. The van der Waals surface area contributed by atoms with Crippen molar-refractivity contribution in [3.8, 4) is 11.8 Å². The Morgan fingerprint density at radius 1 is 1.18 bits per heavy atom. The maximum atomic E-state index is 14.6. The molecule has 4 rings (SSSR count). The second kappa shape index (κ2) is 8.58. The summed E-state index contributed by atoms with van der Waals surface area (Å²) >= 11 is 17.8. The number of nitriles is 1. The van der Waals surface area contributed by atoms with Gasteiger partial charge < -0.3 is 5.11 Å². The van der Waals surface area contributed by atoms with Crippen molar-refractivity contribution in [2.75, 3.05) is 0 Å². The maximum Gasteiger partial charge on any atom is 0.404 e. The Morgan fingerprint density at radius 3 is 2.38 bits per heavy atom. The Balaban J connectivity index is 1.89. The summed E-state index contributed by atoms with van der Waals surface area (Å²) in [5.74, 6) is -3.87. The van der Waals surface area contributed by atoms with Gasteiger partial charge in [0, 0.05) is 6.21 Å². The van der Waals surface area contributed by atoms with Crippen molar-refractivity contribution >= 4 is 47.0 Å². The van der Waals surface area contributed by atoms with Gasteiger partial charge >= 0.3 is 12.1 Å². The number of hydrogen-bond donors (Lipinski definition) is 1. The fraction of sp³-hybridized carbons (Fsp3) is 0.190. The first kappa shape index (κ1) is 24.0. The van der Waals surface area contributed by atoms with Crippen LogP contribution in [0.2, 0.25) is 15.1 Å². The van der Waals surface area contributed by atoms with Crippen LogP contribution in [0.5, 0.6) is 0 Å². The number of carboxylic acids is 1. The van der Waals surface area contributed by atoms with Crippen molar-refractivity contribution in [1.29, 1.82) is 5.26 Å². The van der Waals surface area contributed by atoms with Gasteiger partial charge in [0.05, 0.1) is 32.4 Å². The normalized spacial score (nSPS) is 22.0. The third-order valence-corrected chi connectivity index (χ3v) is 6.79. The van der Waals surface area contributed by atoms with Gasteiger partial charge in [-0.05, 0) is 35.4 Å². The SMILES string of the molecule is N#Cc1cc(C2N=CC(c3cc(Cl)c(Cl)c(Cl)c3)(C(F)(F)F)C2C(=O)O)ccc1-n1cncn1. The van der Waals surface area contributed by atoms with Crippen LogP contribution in [0.25, 0.3) is 5.69 Å². The molecule has 0 amide bonds. The summed E-state index contributed by atoms with van der Waals surface area (Å²) in [7, 11) is 0. The Kier molecular flexibility index (Phi) is 6.06. The Morgan fingerprint density at radius 2 is 1.85 bits per heavy atom. The van der Waals surface area contributed by atoms with Gasteiger partial charge in [-0.15, -0.1) is 0 Å². The molecule has 7 nitrogen and oxygen atoms in total. The number of carboxylic acid groups (broad SMARTS) is 1. The van der Waals surface area contributed by atoms with Crippen LogP contribution in [-0.4, -0.2) is 38.2 Å².